The van der Waals surface area contributed by atoms with Crippen molar-refractivity contribution in [3.8, 4) is 0 Å². The van der Waals surface area contributed by atoms with Crippen LogP contribution in [0.1, 0.15) is 68.2 Å². The molecule has 1 heterocycles. The Bertz CT molecular complexity index is 280. The Morgan fingerprint density at radius 3 is 2.20 bits per heavy atom. The van der Waals surface area contributed by atoms with Gasteiger partial charge in [0.25, 0.3) is 0 Å². The van der Waals surface area contributed by atoms with Crippen LogP contribution in [0.25, 0.3) is 0 Å². The van der Waals surface area contributed by atoms with E-state index in [1.54, 1.807) is 0 Å². The summed E-state index contributed by atoms with van der Waals surface area (Å²) in [5.41, 5.74) is 0.344. The molecule has 2 nitrogen and oxygen atoms in total. The molecule has 0 spiro atoms. The van der Waals surface area contributed by atoms with Gasteiger partial charge in [-0.25, -0.2) is 0 Å². The highest BCUT2D eigenvalue weighted by Gasteiger charge is 2.37. The predicted molar refractivity (Wildman–Crippen MR) is 90.1 cm³/mol. The van der Waals surface area contributed by atoms with Crippen LogP contribution in [0.15, 0.2) is 0 Å². The molecule has 4 unspecified atom stereocenters. The summed E-state index contributed by atoms with van der Waals surface area (Å²) in [6.07, 6.45) is 2.63. The zero-order chi connectivity index (χ0) is 15.5. The van der Waals surface area contributed by atoms with Gasteiger partial charge in [0, 0.05) is 31.2 Å². The quantitative estimate of drug-likeness (QED) is 0.814. The smallest absolute Gasteiger partial charge is 0.0247 e. The van der Waals surface area contributed by atoms with E-state index in [1.807, 2.05) is 0 Å². The highest BCUT2D eigenvalue weighted by Crippen LogP contribution is 2.28. The van der Waals surface area contributed by atoms with Crippen LogP contribution in [0, 0.1) is 17.3 Å². The molecule has 1 saturated heterocycles. The molecule has 1 aliphatic heterocycles. The molecule has 1 aliphatic rings. The Kier molecular flexibility index (Phi) is 6.53. The van der Waals surface area contributed by atoms with Crippen LogP contribution in [-0.4, -0.2) is 36.1 Å². The van der Waals surface area contributed by atoms with Gasteiger partial charge < -0.3 is 5.32 Å². The lowest BCUT2D eigenvalue weighted by Crippen LogP contribution is -2.63. The summed E-state index contributed by atoms with van der Waals surface area (Å²) in [5, 5.41) is 3.80. The third kappa shape index (κ3) is 4.73. The van der Waals surface area contributed by atoms with Crippen molar-refractivity contribution in [1.82, 2.24) is 10.2 Å². The van der Waals surface area contributed by atoms with Crippen LogP contribution in [0.2, 0.25) is 0 Å². The average molecular weight is 283 g/mol. The molecule has 0 bridgehead atoms. The molecule has 0 radical (unpaired) electrons. The predicted octanol–water partition coefficient (Wildman–Crippen LogP) is 4.16. The van der Waals surface area contributed by atoms with Gasteiger partial charge in [0.1, 0.15) is 0 Å². The van der Waals surface area contributed by atoms with Gasteiger partial charge in [-0.15, -0.1) is 0 Å². The van der Waals surface area contributed by atoms with Crippen LogP contribution in [0.5, 0.6) is 0 Å². The van der Waals surface area contributed by atoms with Crippen LogP contribution in [-0.2, 0) is 0 Å². The van der Waals surface area contributed by atoms with E-state index in [9.17, 15) is 0 Å². The van der Waals surface area contributed by atoms with E-state index >= 15 is 0 Å². The lowest BCUT2D eigenvalue weighted by molar-refractivity contribution is 0.0273. The number of rotatable bonds is 5. The molecule has 0 amide bonds. The van der Waals surface area contributed by atoms with Crippen LogP contribution < -0.4 is 5.32 Å². The normalized spacial score (nSPS) is 28.6. The summed E-state index contributed by atoms with van der Waals surface area (Å²) in [7, 11) is 0. The van der Waals surface area contributed by atoms with Crippen molar-refractivity contribution in [3.05, 3.63) is 0 Å². The molecule has 0 aromatic carbocycles. The zero-order valence-corrected chi connectivity index (χ0v) is 15.2. The first-order valence-corrected chi connectivity index (χ1v) is 8.65. The Hall–Kier alpha value is -0.0800. The van der Waals surface area contributed by atoms with Gasteiger partial charge in [-0.2, -0.15) is 0 Å². The average Bonchev–Trinajstić information content (AvgIpc) is 2.36. The number of nitrogens with one attached hydrogen (secondary N) is 1. The lowest BCUT2D eigenvalue weighted by Gasteiger charge is -2.49. The number of piperazine rings is 1. The fraction of sp³-hybridized carbons (Fsp3) is 1.00. The number of hydrogen-bond acceptors (Lipinski definition) is 2. The molecule has 2 heteroatoms. The maximum absolute atomic E-state index is 3.80. The van der Waals surface area contributed by atoms with E-state index in [2.05, 4.69) is 65.6 Å². The summed E-state index contributed by atoms with van der Waals surface area (Å²) in [6, 6.07) is 1.99. The van der Waals surface area contributed by atoms with Crippen LogP contribution in [0.3, 0.4) is 0 Å². The van der Waals surface area contributed by atoms with Crippen LogP contribution >= 0.6 is 0 Å². The maximum atomic E-state index is 3.80. The largest absolute Gasteiger partial charge is 0.311 e. The van der Waals surface area contributed by atoms with Crippen molar-refractivity contribution in [2.45, 2.75) is 86.4 Å². The summed E-state index contributed by atoms with van der Waals surface area (Å²) < 4.78 is 0. The molecule has 1 N–H and O–H groups in total. The Labute approximate surface area is 127 Å². The second-order valence-electron chi connectivity index (χ2n) is 8.43. The van der Waals surface area contributed by atoms with Crippen molar-refractivity contribution in [2.75, 3.05) is 13.1 Å². The van der Waals surface area contributed by atoms with Crippen molar-refractivity contribution >= 4 is 0 Å². The Balaban J connectivity index is 2.78. The SMILES string of the molecule is CCC(C)CC(C)N1CC(C(C)(C)C)NCC1C(C)C. The van der Waals surface area contributed by atoms with E-state index in [1.165, 1.54) is 19.4 Å². The molecule has 0 aromatic rings. The third-order valence-electron chi connectivity index (χ3n) is 5.21. The van der Waals surface area contributed by atoms with Gasteiger partial charge in [-0.1, -0.05) is 54.9 Å². The monoisotopic (exact) mass is 282 g/mol. The van der Waals surface area contributed by atoms with Crippen molar-refractivity contribution in [2.24, 2.45) is 17.3 Å². The summed E-state index contributed by atoms with van der Waals surface area (Å²) in [5.74, 6) is 1.56. The fourth-order valence-corrected chi connectivity index (χ4v) is 3.38. The number of nitrogens with zero attached hydrogens (tertiary/aromatic N) is 1. The molecule has 0 saturated carbocycles. The van der Waals surface area contributed by atoms with Gasteiger partial charge in [-0.05, 0) is 30.6 Å². The zero-order valence-electron chi connectivity index (χ0n) is 15.2. The maximum Gasteiger partial charge on any atom is 0.0247 e. The van der Waals surface area contributed by atoms with Crippen LogP contribution in [0.4, 0.5) is 0 Å². The second-order valence-corrected chi connectivity index (χ2v) is 8.43. The molecule has 1 fully saturated rings. The molecular weight excluding hydrogens is 244 g/mol. The van der Waals surface area contributed by atoms with Crippen molar-refractivity contribution in [1.29, 1.82) is 0 Å². The molecule has 4 atom stereocenters. The molecule has 0 aliphatic carbocycles. The fourth-order valence-electron chi connectivity index (χ4n) is 3.38. The summed E-state index contributed by atoms with van der Waals surface area (Å²) in [4.78, 5) is 2.79. The highest BCUT2D eigenvalue weighted by molar-refractivity contribution is 4.94. The first-order valence-electron chi connectivity index (χ1n) is 8.65. The lowest BCUT2D eigenvalue weighted by atomic mass is 9.82. The van der Waals surface area contributed by atoms with Gasteiger partial charge in [0.2, 0.25) is 0 Å². The third-order valence-corrected chi connectivity index (χ3v) is 5.21. The molecule has 1 rings (SSSR count). The van der Waals surface area contributed by atoms with Crippen molar-refractivity contribution < 1.29 is 0 Å². The summed E-state index contributed by atoms with van der Waals surface area (Å²) >= 11 is 0. The second kappa shape index (κ2) is 7.26. The van der Waals surface area contributed by atoms with Crippen molar-refractivity contribution in [3.63, 3.8) is 0 Å². The number of hydrogen-bond donors (Lipinski definition) is 1. The van der Waals surface area contributed by atoms with Gasteiger partial charge in [0.15, 0.2) is 0 Å². The van der Waals surface area contributed by atoms with Gasteiger partial charge >= 0.3 is 0 Å². The first kappa shape index (κ1) is 18.0. The minimum absolute atomic E-state index is 0.344. The Morgan fingerprint density at radius 2 is 1.75 bits per heavy atom. The Morgan fingerprint density at radius 1 is 1.15 bits per heavy atom. The van der Waals surface area contributed by atoms with Gasteiger partial charge in [0.05, 0.1) is 0 Å². The molecule has 0 aromatic heterocycles. The highest BCUT2D eigenvalue weighted by atomic mass is 15.3. The minimum atomic E-state index is 0.344. The van der Waals surface area contributed by atoms with E-state index in [4.69, 9.17) is 0 Å². The standard InChI is InChI=1S/C18H38N2/c1-9-14(4)10-15(5)20-12-17(18(6,7)8)19-11-16(20)13(2)3/h13-17,19H,9-12H2,1-8H3. The van der Waals surface area contributed by atoms with E-state index in [0.29, 0.717) is 23.5 Å². The molecule has 20 heavy (non-hydrogen) atoms. The van der Waals surface area contributed by atoms with E-state index in [0.717, 1.165) is 18.4 Å². The van der Waals surface area contributed by atoms with Gasteiger partial charge in [-0.3, -0.25) is 4.90 Å². The summed E-state index contributed by atoms with van der Waals surface area (Å²) in [6.45, 7) is 21.3. The molecule has 120 valence electrons. The van der Waals surface area contributed by atoms with E-state index in [-0.39, 0.29) is 0 Å². The molecular formula is C18H38N2. The topological polar surface area (TPSA) is 15.3 Å². The minimum Gasteiger partial charge on any atom is -0.311 e. The van der Waals surface area contributed by atoms with E-state index < -0.39 is 0 Å². The first-order chi connectivity index (χ1) is 9.16.